The number of rotatable bonds is 3. The fourth-order valence-corrected chi connectivity index (χ4v) is 2.82. The molecule has 7 heteroatoms. The molecular formula is C14H15BrFN3O2. The van der Waals surface area contributed by atoms with Gasteiger partial charge in [-0.15, -0.1) is 0 Å². The van der Waals surface area contributed by atoms with Gasteiger partial charge in [-0.25, -0.2) is 4.39 Å². The van der Waals surface area contributed by atoms with E-state index in [9.17, 15) is 4.39 Å². The molecule has 0 radical (unpaired) electrons. The van der Waals surface area contributed by atoms with Gasteiger partial charge < -0.3 is 9.26 Å². The Bertz CT molecular complexity index is 634. The minimum atomic E-state index is -0.243. The molecule has 1 saturated heterocycles. The standard InChI is InChI=1S/C14H15BrFN3O2/c1-9-17-14(18-21-9)13-8-19(4-5-20-13)7-10-2-3-11(16)6-12(10)15/h2-3,6,13H,4-5,7-8H2,1H3/t13-/m1/s1. The Kier molecular flexibility index (Phi) is 4.32. The van der Waals surface area contributed by atoms with Crippen LogP contribution in [0.15, 0.2) is 27.2 Å². The maximum atomic E-state index is 13.1. The van der Waals surface area contributed by atoms with Crippen LogP contribution >= 0.6 is 15.9 Å². The first-order chi connectivity index (χ1) is 10.1. The summed E-state index contributed by atoms with van der Waals surface area (Å²) in [6.45, 7) is 4.58. The average Bonchev–Trinajstić information content (AvgIpc) is 2.89. The lowest BCUT2D eigenvalue weighted by Crippen LogP contribution is -2.38. The summed E-state index contributed by atoms with van der Waals surface area (Å²) < 4.78 is 24.6. The predicted molar refractivity (Wildman–Crippen MR) is 77.1 cm³/mol. The van der Waals surface area contributed by atoms with Crippen molar-refractivity contribution in [1.29, 1.82) is 0 Å². The highest BCUT2D eigenvalue weighted by Crippen LogP contribution is 2.24. The van der Waals surface area contributed by atoms with Gasteiger partial charge in [-0.3, -0.25) is 4.90 Å². The third-order valence-electron chi connectivity index (χ3n) is 3.39. The highest BCUT2D eigenvalue weighted by atomic mass is 79.9. The quantitative estimate of drug-likeness (QED) is 0.847. The average molecular weight is 356 g/mol. The van der Waals surface area contributed by atoms with Crippen LogP contribution in [-0.2, 0) is 11.3 Å². The molecule has 1 aromatic carbocycles. The summed E-state index contributed by atoms with van der Waals surface area (Å²) >= 11 is 3.40. The topological polar surface area (TPSA) is 51.4 Å². The van der Waals surface area contributed by atoms with E-state index in [1.165, 1.54) is 12.1 Å². The molecule has 3 rings (SSSR count). The third kappa shape index (κ3) is 3.48. The molecule has 0 unspecified atom stereocenters. The van der Waals surface area contributed by atoms with E-state index >= 15 is 0 Å². The number of hydrogen-bond acceptors (Lipinski definition) is 5. The van der Waals surface area contributed by atoms with E-state index in [1.807, 2.05) is 0 Å². The third-order valence-corrected chi connectivity index (χ3v) is 4.13. The molecule has 2 aromatic rings. The Morgan fingerprint density at radius 1 is 1.48 bits per heavy atom. The molecule has 5 nitrogen and oxygen atoms in total. The first-order valence-electron chi connectivity index (χ1n) is 6.70. The van der Waals surface area contributed by atoms with Crippen molar-refractivity contribution < 1.29 is 13.7 Å². The van der Waals surface area contributed by atoms with Gasteiger partial charge in [0.2, 0.25) is 11.7 Å². The van der Waals surface area contributed by atoms with Crippen LogP contribution in [0.5, 0.6) is 0 Å². The van der Waals surface area contributed by atoms with E-state index in [2.05, 4.69) is 31.0 Å². The van der Waals surface area contributed by atoms with Crippen LogP contribution in [-0.4, -0.2) is 34.7 Å². The number of nitrogens with zero attached hydrogens (tertiary/aromatic N) is 3. The van der Waals surface area contributed by atoms with Crippen LogP contribution in [0.25, 0.3) is 0 Å². The van der Waals surface area contributed by atoms with Crippen LogP contribution in [0, 0.1) is 12.7 Å². The van der Waals surface area contributed by atoms with Crippen molar-refractivity contribution in [2.45, 2.75) is 19.6 Å². The molecule has 1 fully saturated rings. The number of hydrogen-bond donors (Lipinski definition) is 0. The lowest BCUT2D eigenvalue weighted by Gasteiger charge is -2.31. The minimum Gasteiger partial charge on any atom is -0.367 e. The molecule has 0 N–H and O–H groups in total. The zero-order chi connectivity index (χ0) is 14.8. The van der Waals surface area contributed by atoms with Gasteiger partial charge in [-0.2, -0.15) is 4.98 Å². The van der Waals surface area contributed by atoms with Gasteiger partial charge in [-0.05, 0) is 17.7 Å². The lowest BCUT2D eigenvalue weighted by molar-refractivity contribution is -0.0381. The van der Waals surface area contributed by atoms with Gasteiger partial charge >= 0.3 is 0 Å². The Labute approximate surface area is 130 Å². The molecule has 1 atom stereocenters. The largest absolute Gasteiger partial charge is 0.367 e. The van der Waals surface area contributed by atoms with Crippen LogP contribution in [0.3, 0.4) is 0 Å². The first kappa shape index (κ1) is 14.6. The smallest absolute Gasteiger partial charge is 0.223 e. The van der Waals surface area contributed by atoms with E-state index in [4.69, 9.17) is 9.26 Å². The van der Waals surface area contributed by atoms with Crippen LogP contribution in [0.4, 0.5) is 4.39 Å². The van der Waals surface area contributed by atoms with Gasteiger partial charge in [0.1, 0.15) is 11.9 Å². The molecule has 2 heterocycles. The predicted octanol–water partition coefficient (Wildman–Crippen LogP) is 2.85. The molecule has 0 saturated carbocycles. The van der Waals surface area contributed by atoms with Crippen LogP contribution in [0.2, 0.25) is 0 Å². The zero-order valence-electron chi connectivity index (χ0n) is 11.6. The molecule has 1 aromatic heterocycles. The van der Waals surface area contributed by atoms with Gasteiger partial charge in [-0.1, -0.05) is 27.2 Å². The second-order valence-corrected chi connectivity index (χ2v) is 5.86. The molecule has 112 valence electrons. The highest BCUT2D eigenvalue weighted by Gasteiger charge is 2.26. The molecule has 21 heavy (non-hydrogen) atoms. The number of benzene rings is 1. The van der Waals surface area contributed by atoms with E-state index < -0.39 is 0 Å². The monoisotopic (exact) mass is 355 g/mol. The Balaban J connectivity index is 1.68. The van der Waals surface area contributed by atoms with E-state index in [0.29, 0.717) is 24.9 Å². The van der Waals surface area contributed by atoms with Gasteiger partial charge in [0.25, 0.3) is 0 Å². The number of aryl methyl sites for hydroxylation is 1. The molecule has 1 aliphatic heterocycles. The number of morpholine rings is 1. The van der Waals surface area contributed by atoms with Crippen molar-refractivity contribution in [1.82, 2.24) is 15.0 Å². The summed E-state index contributed by atoms with van der Waals surface area (Å²) in [6, 6.07) is 4.75. The van der Waals surface area contributed by atoms with Crippen molar-refractivity contribution in [2.75, 3.05) is 19.7 Å². The van der Waals surface area contributed by atoms with Gasteiger partial charge in [0.15, 0.2) is 0 Å². The van der Waals surface area contributed by atoms with Crippen molar-refractivity contribution >= 4 is 15.9 Å². The fourth-order valence-electron chi connectivity index (χ4n) is 2.34. The van der Waals surface area contributed by atoms with Crippen LogP contribution in [0.1, 0.15) is 23.4 Å². The van der Waals surface area contributed by atoms with Crippen molar-refractivity contribution in [2.24, 2.45) is 0 Å². The molecule has 0 amide bonds. The first-order valence-corrected chi connectivity index (χ1v) is 7.49. The zero-order valence-corrected chi connectivity index (χ0v) is 13.1. The Hall–Kier alpha value is -1.31. The maximum Gasteiger partial charge on any atom is 0.223 e. The van der Waals surface area contributed by atoms with Crippen molar-refractivity contribution in [3.8, 4) is 0 Å². The summed E-state index contributed by atoms with van der Waals surface area (Å²) in [5, 5.41) is 3.91. The number of halogens is 2. The van der Waals surface area contributed by atoms with Crippen molar-refractivity contribution in [3.05, 3.63) is 45.8 Å². The summed E-state index contributed by atoms with van der Waals surface area (Å²) in [7, 11) is 0. The second-order valence-electron chi connectivity index (χ2n) is 5.00. The summed E-state index contributed by atoms with van der Waals surface area (Å²) in [5.41, 5.74) is 1.04. The fraction of sp³-hybridized carbons (Fsp3) is 0.429. The van der Waals surface area contributed by atoms with Gasteiger partial charge in [0, 0.05) is 31.0 Å². The lowest BCUT2D eigenvalue weighted by atomic mass is 10.2. The summed E-state index contributed by atoms with van der Waals surface area (Å²) in [5.74, 6) is 0.870. The summed E-state index contributed by atoms with van der Waals surface area (Å²) in [4.78, 5) is 6.45. The van der Waals surface area contributed by atoms with E-state index in [-0.39, 0.29) is 11.9 Å². The molecule has 0 bridgehead atoms. The molecule has 0 spiro atoms. The number of aromatic nitrogens is 2. The van der Waals surface area contributed by atoms with E-state index in [0.717, 1.165) is 23.1 Å². The van der Waals surface area contributed by atoms with Crippen molar-refractivity contribution in [3.63, 3.8) is 0 Å². The summed E-state index contributed by atoms with van der Waals surface area (Å²) in [6.07, 6.45) is -0.185. The van der Waals surface area contributed by atoms with Crippen LogP contribution < -0.4 is 0 Å². The SMILES string of the molecule is Cc1nc([C@H]2CN(Cc3ccc(F)cc3Br)CCO2)no1. The highest BCUT2D eigenvalue weighted by molar-refractivity contribution is 9.10. The van der Waals surface area contributed by atoms with Gasteiger partial charge in [0.05, 0.1) is 6.61 Å². The normalized spacial score (nSPS) is 19.9. The van der Waals surface area contributed by atoms with E-state index in [1.54, 1.807) is 13.0 Å². The minimum absolute atomic E-state index is 0.185. The Morgan fingerprint density at radius 2 is 2.33 bits per heavy atom. The Morgan fingerprint density at radius 3 is 3.05 bits per heavy atom. The molecular weight excluding hydrogens is 341 g/mol. The molecule has 1 aliphatic rings. The second kappa shape index (κ2) is 6.21. The molecule has 0 aliphatic carbocycles. The maximum absolute atomic E-state index is 13.1. The number of ether oxygens (including phenoxy) is 1.